The minimum atomic E-state index is -0.122. The molecule has 0 aliphatic heterocycles. The minimum Gasteiger partial charge on any atom is -0.298 e. The fourth-order valence-corrected chi connectivity index (χ4v) is 2.31. The molecule has 1 aliphatic rings. The van der Waals surface area contributed by atoms with Crippen LogP contribution in [0.15, 0.2) is 12.2 Å². The lowest BCUT2D eigenvalue weighted by molar-refractivity contribution is -0.133. The molecule has 1 fully saturated rings. The number of rotatable bonds is 4. The monoisotopic (exact) mass is 180 g/mol. The Bertz CT molecular complexity index is 227. The van der Waals surface area contributed by atoms with E-state index in [1.807, 2.05) is 13.8 Å². The van der Waals surface area contributed by atoms with Gasteiger partial charge in [-0.1, -0.05) is 39.3 Å². The lowest BCUT2D eigenvalue weighted by Gasteiger charge is -2.44. The Hall–Kier alpha value is -0.590. The molecule has 0 aromatic heterocycles. The molecule has 1 unspecified atom stereocenters. The number of hydrogen-bond acceptors (Lipinski definition) is 1. The van der Waals surface area contributed by atoms with Crippen LogP contribution in [0.2, 0.25) is 0 Å². The van der Waals surface area contributed by atoms with Crippen molar-refractivity contribution in [3.05, 3.63) is 12.2 Å². The molecular formula is C12H20O. The normalized spacial score (nSPS) is 27.5. The molecule has 1 aliphatic carbocycles. The highest BCUT2D eigenvalue weighted by Crippen LogP contribution is 2.50. The van der Waals surface area contributed by atoms with Crippen LogP contribution in [0.1, 0.15) is 46.5 Å². The summed E-state index contributed by atoms with van der Waals surface area (Å²) in [4.78, 5) is 12.0. The van der Waals surface area contributed by atoms with Gasteiger partial charge in [0.05, 0.1) is 5.41 Å². The van der Waals surface area contributed by atoms with Crippen molar-refractivity contribution in [1.82, 2.24) is 0 Å². The minimum absolute atomic E-state index is 0.122. The van der Waals surface area contributed by atoms with Gasteiger partial charge in [0.1, 0.15) is 5.78 Å². The second-order valence-corrected chi connectivity index (χ2v) is 4.45. The number of carbonyl (C=O) groups is 1. The Morgan fingerprint density at radius 2 is 2.23 bits per heavy atom. The molecule has 0 aromatic rings. The maximum absolute atomic E-state index is 12.0. The van der Waals surface area contributed by atoms with Crippen molar-refractivity contribution in [2.75, 3.05) is 0 Å². The summed E-state index contributed by atoms with van der Waals surface area (Å²) in [5.41, 5.74) is 1.05. The zero-order valence-electron chi connectivity index (χ0n) is 9.02. The molecule has 0 amide bonds. The van der Waals surface area contributed by atoms with Crippen LogP contribution in [-0.4, -0.2) is 5.78 Å². The fourth-order valence-electron chi connectivity index (χ4n) is 2.31. The summed E-state index contributed by atoms with van der Waals surface area (Å²) >= 11 is 0. The van der Waals surface area contributed by atoms with Crippen LogP contribution in [0.3, 0.4) is 0 Å². The Kier molecular flexibility index (Phi) is 2.94. The van der Waals surface area contributed by atoms with Gasteiger partial charge >= 0.3 is 0 Å². The molecule has 0 saturated heterocycles. The van der Waals surface area contributed by atoms with Crippen LogP contribution in [-0.2, 0) is 4.79 Å². The smallest absolute Gasteiger partial charge is 0.145 e. The Balaban J connectivity index is 2.79. The molecule has 13 heavy (non-hydrogen) atoms. The highest BCUT2D eigenvalue weighted by Gasteiger charge is 2.46. The summed E-state index contributed by atoms with van der Waals surface area (Å²) in [6.45, 7) is 10.1. The van der Waals surface area contributed by atoms with Crippen LogP contribution in [0.5, 0.6) is 0 Å². The maximum Gasteiger partial charge on any atom is 0.145 e. The van der Waals surface area contributed by atoms with Gasteiger partial charge in [0.25, 0.3) is 0 Å². The molecule has 74 valence electrons. The summed E-state index contributed by atoms with van der Waals surface area (Å²) in [6, 6.07) is 0. The molecule has 1 nitrogen and oxygen atoms in total. The summed E-state index contributed by atoms with van der Waals surface area (Å²) < 4.78 is 0. The van der Waals surface area contributed by atoms with E-state index in [4.69, 9.17) is 0 Å². The lowest BCUT2D eigenvalue weighted by atomic mass is 9.58. The van der Waals surface area contributed by atoms with E-state index in [1.165, 1.54) is 5.57 Å². The van der Waals surface area contributed by atoms with Crippen LogP contribution in [0.4, 0.5) is 0 Å². The third-order valence-corrected chi connectivity index (χ3v) is 3.20. The third-order valence-electron chi connectivity index (χ3n) is 3.20. The highest BCUT2D eigenvalue weighted by atomic mass is 16.1. The molecule has 1 saturated carbocycles. The van der Waals surface area contributed by atoms with Crippen LogP contribution < -0.4 is 0 Å². The molecule has 1 rings (SSSR count). The quantitative estimate of drug-likeness (QED) is 0.606. The standard InChI is InChI=1S/C12H20O/c1-5-7-12(8-6-10(12)4)11(13)9(2)3/h9H,4-8H2,1-3H3. The van der Waals surface area contributed by atoms with Crippen molar-refractivity contribution in [3.8, 4) is 0 Å². The second kappa shape index (κ2) is 3.65. The second-order valence-electron chi connectivity index (χ2n) is 4.45. The molecule has 0 heterocycles. The van der Waals surface area contributed by atoms with E-state index in [0.717, 1.165) is 25.7 Å². The molecule has 0 bridgehead atoms. The van der Waals surface area contributed by atoms with Crippen molar-refractivity contribution in [3.63, 3.8) is 0 Å². The first kappa shape index (κ1) is 10.5. The molecule has 1 heteroatoms. The van der Waals surface area contributed by atoms with Gasteiger partial charge in [-0.2, -0.15) is 0 Å². The molecule has 0 N–H and O–H groups in total. The van der Waals surface area contributed by atoms with Crippen LogP contribution in [0.25, 0.3) is 0 Å². The molecule has 1 atom stereocenters. The first-order chi connectivity index (χ1) is 6.04. The summed E-state index contributed by atoms with van der Waals surface area (Å²) in [5, 5.41) is 0. The number of Topliss-reactive ketones (excluding diaryl/α,β-unsaturated/α-hetero) is 1. The van der Waals surface area contributed by atoms with E-state index in [-0.39, 0.29) is 11.3 Å². The molecule has 0 aromatic carbocycles. The van der Waals surface area contributed by atoms with E-state index in [2.05, 4.69) is 13.5 Å². The van der Waals surface area contributed by atoms with Gasteiger partial charge in [0.2, 0.25) is 0 Å². The fraction of sp³-hybridized carbons (Fsp3) is 0.750. The zero-order chi connectivity index (χ0) is 10.1. The SMILES string of the molecule is C=C1CCC1(CCC)C(=O)C(C)C. The third kappa shape index (κ3) is 1.56. The summed E-state index contributed by atoms with van der Waals surface area (Å²) in [6.07, 6.45) is 4.18. The Labute approximate surface area is 81.2 Å². The first-order valence-electron chi connectivity index (χ1n) is 5.27. The van der Waals surface area contributed by atoms with Gasteiger partial charge in [-0.05, 0) is 19.3 Å². The first-order valence-corrected chi connectivity index (χ1v) is 5.27. The molecular weight excluding hydrogens is 160 g/mol. The topological polar surface area (TPSA) is 17.1 Å². The summed E-state index contributed by atoms with van der Waals surface area (Å²) in [5.74, 6) is 0.564. The number of hydrogen-bond donors (Lipinski definition) is 0. The van der Waals surface area contributed by atoms with Crippen molar-refractivity contribution in [1.29, 1.82) is 0 Å². The zero-order valence-corrected chi connectivity index (χ0v) is 9.02. The highest BCUT2D eigenvalue weighted by molar-refractivity contribution is 5.90. The van der Waals surface area contributed by atoms with E-state index >= 15 is 0 Å². The molecule has 0 radical (unpaired) electrons. The van der Waals surface area contributed by atoms with Crippen molar-refractivity contribution in [2.45, 2.75) is 46.5 Å². The van der Waals surface area contributed by atoms with E-state index in [9.17, 15) is 4.79 Å². The van der Waals surface area contributed by atoms with Crippen molar-refractivity contribution >= 4 is 5.78 Å². The van der Waals surface area contributed by atoms with Crippen molar-refractivity contribution in [2.24, 2.45) is 11.3 Å². The predicted octanol–water partition coefficient (Wildman–Crippen LogP) is 3.35. The maximum atomic E-state index is 12.0. The molecule has 0 spiro atoms. The average molecular weight is 180 g/mol. The Morgan fingerprint density at radius 1 is 1.62 bits per heavy atom. The van der Waals surface area contributed by atoms with E-state index in [0.29, 0.717) is 5.78 Å². The van der Waals surface area contributed by atoms with Gasteiger partial charge in [-0.3, -0.25) is 4.79 Å². The number of allylic oxidation sites excluding steroid dienone is 1. The van der Waals surface area contributed by atoms with Gasteiger partial charge in [-0.25, -0.2) is 0 Å². The van der Waals surface area contributed by atoms with Gasteiger partial charge < -0.3 is 0 Å². The summed E-state index contributed by atoms with van der Waals surface area (Å²) in [7, 11) is 0. The lowest BCUT2D eigenvalue weighted by Crippen LogP contribution is -2.42. The van der Waals surface area contributed by atoms with Crippen molar-refractivity contribution < 1.29 is 4.79 Å². The van der Waals surface area contributed by atoms with Gasteiger partial charge in [0, 0.05) is 5.92 Å². The number of carbonyl (C=O) groups excluding carboxylic acids is 1. The van der Waals surface area contributed by atoms with E-state index in [1.54, 1.807) is 0 Å². The number of ketones is 1. The predicted molar refractivity (Wildman–Crippen MR) is 55.6 cm³/mol. The van der Waals surface area contributed by atoms with Gasteiger partial charge in [0.15, 0.2) is 0 Å². The van der Waals surface area contributed by atoms with Crippen LogP contribution >= 0.6 is 0 Å². The Morgan fingerprint density at radius 3 is 2.46 bits per heavy atom. The van der Waals surface area contributed by atoms with Gasteiger partial charge in [-0.15, -0.1) is 0 Å². The average Bonchev–Trinajstić information content (AvgIpc) is 2.10. The largest absolute Gasteiger partial charge is 0.298 e. The van der Waals surface area contributed by atoms with E-state index < -0.39 is 0 Å². The van der Waals surface area contributed by atoms with Crippen LogP contribution in [0, 0.1) is 11.3 Å².